The number of carbonyl (C=O) groups is 1. The largest absolute Gasteiger partial charge is 0.507 e. The summed E-state index contributed by atoms with van der Waals surface area (Å²) < 4.78 is 11.1. The molecule has 17 heavy (non-hydrogen) atoms. The Morgan fingerprint density at radius 2 is 1.94 bits per heavy atom. The molecule has 94 valence electrons. The minimum atomic E-state index is -0.950. The van der Waals surface area contributed by atoms with Crippen molar-refractivity contribution in [3.63, 3.8) is 0 Å². The van der Waals surface area contributed by atoms with E-state index in [0.717, 1.165) is 0 Å². The first kappa shape index (κ1) is 13.5. The van der Waals surface area contributed by atoms with Crippen LogP contribution in [-0.4, -0.2) is 38.4 Å². The lowest BCUT2D eigenvalue weighted by Gasteiger charge is -2.07. The van der Waals surface area contributed by atoms with Crippen LogP contribution in [0.1, 0.15) is 17.3 Å². The molecule has 0 saturated heterocycles. The third-order valence-electron chi connectivity index (χ3n) is 2.18. The third kappa shape index (κ3) is 3.74. The van der Waals surface area contributed by atoms with Gasteiger partial charge in [-0.15, -0.1) is 0 Å². The SMILES string of the molecule is CCS(=O)CCNC(=O)c1c(O)cccc1O. The molecule has 3 N–H and O–H groups in total. The van der Waals surface area contributed by atoms with Crippen LogP contribution < -0.4 is 5.32 Å². The van der Waals surface area contributed by atoms with Crippen LogP contribution in [0.4, 0.5) is 0 Å². The summed E-state index contributed by atoms with van der Waals surface area (Å²) in [5, 5.41) is 21.4. The predicted molar refractivity (Wildman–Crippen MR) is 65.7 cm³/mol. The predicted octanol–water partition coefficient (Wildman–Crippen LogP) is 0.596. The van der Waals surface area contributed by atoms with Crippen molar-refractivity contribution in [1.82, 2.24) is 5.32 Å². The van der Waals surface area contributed by atoms with Gasteiger partial charge in [0.15, 0.2) is 0 Å². The first-order chi connectivity index (χ1) is 8.06. The molecule has 0 spiro atoms. The van der Waals surface area contributed by atoms with Gasteiger partial charge in [0.2, 0.25) is 0 Å². The van der Waals surface area contributed by atoms with Crippen LogP contribution in [0.15, 0.2) is 18.2 Å². The van der Waals surface area contributed by atoms with Gasteiger partial charge in [-0.1, -0.05) is 13.0 Å². The molecular formula is C11H15NO4S. The molecule has 6 heteroatoms. The normalized spacial score (nSPS) is 12.1. The minimum absolute atomic E-state index is 0.158. The lowest BCUT2D eigenvalue weighted by Crippen LogP contribution is -2.28. The highest BCUT2D eigenvalue weighted by Gasteiger charge is 2.15. The van der Waals surface area contributed by atoms with Crippen molar-refractivity contribution in [3.05, 3.63) is 23.8 Å². The quantitative estimate of drug-likeness (QED) is 0.720. The van der Waals surface area contributed by atoms with Crippen LogP contribution >= 0.6 is 0 Å². The fourth-order valence-electron chi connectivity index (χ4n) is 1.27. The summed E-state index contributed by atoms with van der Waals surface area (Å²) in [6.07, 6.45) is 0. The molecule has 1 rings (SSSR count). The Morgan fingerprint density at radius 3 is 2.47 bits per heavy atom. The van der Waals surface area contributed by atoms with E-state index in [-0.39, 0.29) is 23.6 Å². The summed E-state index contributed by atoms with van der Waals surface area (Å²) in [7, 11) is -0.950. The highest BCUT2D eigenvalue weighted by atomic mass is 32.2. The third-order valence-corrected chi connectivity index (χ3v) is 3.49. The zero-order valence-electron chi connectivity index (χ0n) is 9.47. The van der Waals surface area contributed by atoms with E-state index in [2.05, 4.69) is 5.32 Å². The highest BCUT2D eigenvalue weighted by Crippen LogP contribution is 2.25. The van der Waals surface area contributed by atoms with Crippen molar-refractivity contribution in [2.75, 3.05) is 18.1 Å². The van der Waals surface area contributed by atoms with Gasteiger partial charge in [0.1, 0.15) is 17.1 Å². The van der Waals surface area contributed by atoms with Gasteiger partial charge in [-0.3, -0.25) is 9.00 Å². The van der Waals surface area contributed by atoms with Gasteiger partial charge < -0.3 is 15.5 Å². The molecule has 0 aliphatic carbocycles. The lowest BCUT2D eigenvalue weighted by atomic mass is 10.1. The summed E-state index contributed by atoms with van der Waals surface area (Å²) in [6, 6.07) is 4.07. The second-order valence-corrected chi connectivity index (χ2v) is 5.23. The number of benzene rings is 1. The lowest BCUT2D eigenvalue weighted by molar-refractivity contribution is 0.0950. The molecule has 0 saturated carbocycles. The molecule has 1 unspecified atom stereocenters. The molecule has 0 radical (unpaired) electrons. The monoisotopic (exact) mass is 257 g/mol. The van der Waals surface area contributed by atoms with E-state index in [4.69, 9.17) is 0 Å². The Morgan fingerprint density at radius 1 is 1.35 bits per heavy atom. The standard InChI is InChI=1S/C11H15NO4S/c1-2-17(16)7-6-12-11(15)10-8(13)4-3-5-9(10)14/h3-5,13-14H,2,6-7H2,1H3,(H,12,15). The van der Waals surface area contributed by atoms with Crippen LogP contribution in [0.5, 0.6) is 11.5 Å². The fourth-order valence-corrected chi connectivity index (χ4v) is 1.89. The van der Waals surface area contributed by atoms with Crippen LogP contribution in [0.2, 0.25) is 0 Å². The van der Waals surface area contributed by atoms with E-state index in [1.54, 1.807) is 6.92 Å². The van der Waals surface area contributed by atoms with Gasteiger partial charge in [-0.05, 0) is 12.1 Å². The first-order valence-corrected chi connectivity index (χ1v) is 6.69. The minimum Gasteiger partial charge on any atom is -0.507 e. The number of nitrogens with one attached hydrogen (secondary N) is 1. The number of hydrogen-bond acceptors (Lipinski definition) is 4. The Balaban J connectivity index is 2.61. The number of phenolic OH excluding ortho intramolecular Hbond substituents is 2. The van der Waals surface area contributed by atoms with E-state index in [1.807, 2.05) is 0 Å². The fraction of sp³-hybridized carbons (Fsp3) is 0.364. The summed E-state index contributed by atoms with van der Waals surface area (Å²) >= 11 is 0. The average molecular weight is 257 g/mol. The number of carbonyl (C=O) groups excluding carboxylic acids is 1. The van der Waals surface area contributed by atoms with Gasteiger partial charge in [0.05, 0.1) is 0 Å². The van der Waals surface area contributed by atoms with Gasteiger partial charge in [-0.25, -0.2) is 0 Å². The van der Waals surface area contributed by atoms with E-state index in [0.29, 0.717) is 11.5 Å². The van der Waals surface area contributed by atoms with Crippen molar-refractivity contribution in [3.8, 4) is 11.5 Å². The van der Waals surface area contributed by atoms with E-state index in [1.165, 1.54) is 18.2 Å². The maximum Gasteiger partial charge on any atom is 0.258 e. The molecule has 5 nitrogen and oxygen atoms in total. The molecule has 1 amide bonds. The van der Waals surface area contributed by atoms with Crippen LogP contribution in [-0.2, 0) is 10.8 Å². The van der Waals surface area contributed by atoms with E-state index < -0.39 is 16.7 Å². The first-order valence-electron chi connectivity index (χ1n) is 5.20. The second-order valence-electron chi connectivity index (χ2n) is 3.36. The topological polar surface area (TPSA) is 86.6 Å². The van der Waals surface area contributed by atoms with Crippen molar-refractivity contribution < 1.29 is 19.2 Å². The zero-order valence-corrected chi connectivity index (χ0v) is 10.3. The molecule has 0 fully saturated rings. The smallest absolute Gasteiger partial charge is 0.258 e. The van der Waals surface area contributed by atoms with Gasteiger partial charge in [0.25, 0.3) is 5.91 Å². The summed E-state index contributed by atoms with van der Waals surface area (Å²) in [5.74, 6) is -0.235. The number of aromatic hydroxyl groups is 2. The molecule has 0 aromatic heterocycles. The second kappa shape index (κ2) is 6.24. The molecular weight excluding hydrogens is 242 g/mol. The van der Waals surface area contributed by atoms with Crippen molar-refractivity contribution in [1.29, 1.82) is 0 Å². The molecule has 0 aliphatic heterocycles. The van der Waals surface area contributed by atoms with Crippen LogP contribution in [0, 0.1) is 0 Å². The van der Waals surface area contributed by atoms with Crippen LogP contribution in [0.3, 0.4) is 0 Å². The van der Waals surface area contributed by atoms with Crippen molar-refractivity contribution in [2.45, 2.75) is 6.92 Å². The van der Waals surface area contributed by atoms with E-state index in [9.17, 15) is 19.2 Å². The van der Waals surface area contributed by atoms with Gasteiger partial charge >= 0.3 is 0 Å². The molecule has 0 heterocycles. The summed E-state index contributed by atoms with van der Waals surface area (Å²) in [6.45, 7) is 2.04. The highest BCUT2D eigenvalue weighted by molar-refractivity contribution is 7.84. The zero-order chi connectivity index (χ0) is 12.8. The summed E-state index contributed by atoms with van der Waals surface area (Å²) in [4.78, 5) is 11.6. The van der Waals surface area contributed by atoms with Crippen molar-refractivity contribution >= 4 is 16.7 Å². The van der Waals surface area contributed by atoms with E-state index >= 15 is 0 Å². The maximum absolute atomic E-state index is 11.6. The summed E-state index contributed by atoms with van der Waals surface area (Å²) in [5.41, 5.74) is -0.158. The van der Waals surface area contributed by atoms with Crippen molar-refractivity contribution in [2.24, 2.45) is 0 Å². The molecule has 1 aromatic carbocycles. The van der Waals surface area contributed by atoms with Crippen LogP contribution in [0.25, 0.3) is 0 Å². The Kier molecular flexibility index (Phi) is 4.96. The maximum atomic E-state index is 11.6. The number of rotatable bonds is 5. The average Bonchev–Trinajstić information content (AvgIpc) is 2.28. The molecule has 0 bridgehead atoms. The molecule has 1 atom stereocenters. The Bertz CT molecular complexity index is 413. The number of hydrogen-bond donors (Lipinski definition) is 3. The molecule has 1 aromatic rings. The molecule has 0 aliphatic rings. The number of amides is 1. The Hall–Kier alpha value is -1.56. The number of phenols is 2. The Labute approximate surface area is 102 Å². The van der Waals surface area contributed by atoms with Gasteiger partial charge in [0, 0.05) is 28.9 Å². The van der Waals surface area contributed by atoms with Gasteiger partial charge in [-0.2, -0.15) is 0 Å².